The van der Waals surface area contributed by atoms with E-state index in [9.17, 15) is 8.42 Å². The van der Waals surface area contributed by atoms with Crippen molar-refractivity contribution in [1.82, 2.24) is 0 Å². The zero-order valence-electron chi connectivity index (χ0n) is 6.45. The van der Waals surface area contributed by atoms with Crippen molar-refractivity contribution in [2.75, 3.05) is 0 Å². The third kappa shape index (κ3) is 0.770. The van der Waals surface area contributed by atoms with Crippen LogP contribution in [-0.2, 0) is 9.84 Å². The average molecular weight is 180 g/mol. The summed E-state index contributed by atoms with van der Waals surface area (Å²) < 4.78 is 22.8. The van der Waals surface area contributed by atoms with Crippen LogP contribution in [0.15, 0.2) is 46.3 Å². The summed E-state index contributed by atoms with van der Waals surface area (Å²) in [6.45, 7) is 3.57. The molecule has 0 fully saturated rings. The molecule has 2 heterocycles. The SMILES string of the molecule is C=CCC1=C2C=CC(=C1)S2(=O)=O. The number of hydrogen-bond acceptors (Lipinski definition) is 2. The van der Waals surface area contributed by atoms with E-state index < -0.39 is 9.84 Å². The molecule has 0 aliphatic carbocycles. The minimum absolute atomic E-state index is 0.425. The molecule has 0 amide bonds. The van der Waals surface area contributed by atoms with Crippen LogP contribution in [0.1, 0.15) is 6.42 Å². The molecule has 0 aromatic rings. The Labute approximate surface area is 71.5 Å². The molecule has 0 unspecified atom stereocenters. The van der Waals surface area contributed by atoms with Crippen LogP contribution < -0.4 is 0 Å². The molecule has 0 N–H and O–H groups in total. The summed E-state index contributed by atoms with van der Waals surface area (Å²) >= 11 is 0. The molecule has 0 saturated carbocycles. The molecule has 0 radical (unpaired) electrons. The van der Waals surface area contributed by atoms with Crippen LogP contribution in [0.4, 0.5) is 0 Å². The van der Waals surface area contributed by atoms with Crippen molar-refractivity contribution in [2.45, 2.75) is 6.42 Å². The second-order valence-electron chi connectivity index (χ2n) is 2.77. The Morgan fingerprint density at radius 3 is 2.58 bits per heavy atom. The highest BCUT2D eigenvalue weighted by Gasteiger charge is 2.32. The first-order valence-corrected chi connectivity index (χ1v) is 5.13. The molecule has 2 aliphatic rings. The Bertz CT molecular complexity index is 433. The number of hydrogen-bond donors (Lipinski definition) is 0. The number of sulfone groups is 1. The monoisotopic (exact) mass is 180 g/mol. The van der Waals surface area contributed by atoms with Crippen LogP contribution in [0.25, 0.3) is 0 Å². The molecule has 0 aromatic heterocycles. The van der Waals surface area contributed by atoms with Gasteiger partial charge >= 0.3 is 0 Å². The zero-order valence-corrected chi connectivity index (χ0v) is 7.26. The van der Waals surface area contributed by atoms with Crippen LogP contribution in [-0.4, -0.2) is 8.42 Å². The maximum Gasteiger partial charge on any atom is 0.206 e. The van der Waals surface area contributed by atoms with Crippen molar-refractivity contribution in [3.8, 4) is 0 Å². The lowest BCUT2D eigenvalue weighted by Crippen LogP contribution is -1.93. The minimum Gasteiger partial charge on any atom is -0.219 e. The highest BCUT2D eigenvalue weighted by molar-refractivity contribution is 8.00. The summed E-state index contributed by atoms with van der Waals surface area (Å²) in [5, 5.41) is 0. The Morgan fingerprint density at radius 2 is 2.17 bits per heavy atom. The normalized spacial score (nSPS) is 23.2. The molecule has 2 rings (SSSR count). The van der Waals surface area contributed by atoms with E-state index in [1.54, 1.807) is 24.3 Å². The van der Waals surface area contributed by atoms with Gasteiger partial charge in [0.1, 0.15) is 0 Å². The first kappa shape index (κ1) is 7.55. The van der Waals surface area contributed by atoms with Gasteiger partial charge in [0.15, 0.2) is 0 Å². The fourth-order valence-electron chi connectivity index (χ4n) is 1.43. The highest BCUT2D eigenvalue weighted by atomic mass is 32.2. The van der Waals surface area contributed by atoms with Gasteiger partial charge in [-0.15, -0.1) is 6.58 Å². The lowest BCUT2D eigenvalue weighted by Gasteiger charge is -1.95. The predicted octanol–water partition coefficient (Wildman–Crippen LogP) is 1.70. The largest absolute Gasteiger partial charge is 0.219 e. The molecule has 0 spiro atoms. The molecule has 0 saturated heterocycles. The first-order valence-electron chi connectivity index (χ1n) is 3.65. The third-order valence-electron chi connectivity index (χ3n) is 2.00. The Hall–Kier alpha value is -1.09. The van der Waals surface area contributed by atoms with Crippen LogP contribution in [0.5, 0.6) is 0 Å². The van der Waals surface area contributed by atoms with Gasteiger partial charge < -0.3 is 0 Å². The summed E-state index contributed by atoms with van der Waals surface area (Å²) in [7, 11) is -3.08. The Kier molecular flexibility index (Phi) is 1.38. The van der Waals surface area contributed by atoms with Crippen LogP contribution in [0, 0.1) is 0 Å². The predicted molar refractivity (Wildman–Crippen MR) is 48.0 cm³/mol. The van der Waals surface area contributed by atoms with Gasteiger partial charge in [-0.05, 0) is 30.2 Å². The summed E-state index contributed by atoms with van der Waals surface area (Å²) in [6, 6.07) is 0. The van der Waals surface area contributed by atoms with E-state index in [0.717, 1.165) is 5.57 Å². The fraction of sp³-hybridized carbons (Fsp3) is 0.111. The van der Waals surface area contributed by atoms with E-state index in [-0.39, 0.29) is 0 Å². The van der Waals surface area contributed by atoms with Gasteiger partial charge in [-0.25, -0.2) is 8.42 Å². The van der Waals surface area contributed by atoms with Crippen LogP contribution in [0.2, 0.25) is 0 Å². The molecule has 12 heavy (non-hydrogen) atoms. The first-order chi connectivity index (χ1) is 5.66. The van der Waals surface area contributed by atoms with Crippen molar-refractivity contribution in [3.05, 3.63) is 46.3 Å². The minimum atomic E-state index is -3.08. The fourth-order valence-corrected chi connectivity index (χ4v) is 2.96. The average Bonchev–Trinajstić information content (AvgIpc) is 2.41. The summed E-state index contributed by atoms with van der Waals surface area (Å²) in [5.41, 5.74) is 0.863. The quantitative estimate of drug-likeness (QED) is 0.606. The van der Waals surface area contributed by atoms with Gasteiger partial charge in [-0.2, -0.15) is 0 Å². The van der Waals surface area contributed by atoms with Gasteiger partial charge in [0, 0.05) is 0 Å². The van der Waals surface area contributed by atoms with Crippen molar-refractivity contribution in [1.29, 1.82) is 0 Å². The molecule has 0 aromatic carbocycles. The standard InChI is InChI=1S/C9H8O2S/c1-2-3-7-6-8-4-5-9(7)12(8,10)11/h2,4-6H,1,3H2. The molecule has 0 atom stereocenters. The number of allylic oxidation sites excluding steroid dienone is 5. The van der Waals surface area contributed by atoms with E-state index in [4.69, 9.17) is 0 Å². The van der Waals surface area contributed by atoms with Crippen molar-refractivity contribution < 1.29 is 8.42 Å². The van der Waals surface area contributed by atoms with Crippen LogP contribution >= 0.6 is 0 Å². The molecule has 62 valence electrons. The van der Waals surface area contributed by atoms with Gasteiger partial charge in [-0.1, -0.05) is 6.08 Å². The molecule has 2 bridgehead atoms. The van der Waals surface area contributed by atoms with Crippen LogP contribution in [0.3, 0.4) is 0 Å². The van der Waals surface area contributed by atoms with Gasteiger partial charge in [-0.3, -0.25) is 0 Å². The molecule has 3 heteroatoms. The summed E-state index contributed by atoms with van der Waals surface area (Å²) in [6.07, 6.45) is 7.35. The summed E-state index contributed by atoms with van der Waals surface area (Å²) in [5.74, 6) is 0. The molecule has 2 nitrogen and oxygen atoms in total. The lowest BCUT2D eigenvalue weighted by atomic mass is 10.1. The van der Waals surface area contributed by atoms with E-state index in [1.165, 1.54) is 0 Å². The maximum absolute atomic E-state index is 11.4. The second kappa shape index (κ2) is 2.20. The zero-order chi connectivity index (χ0) is 8.77. The Morgan fingerprint density at radius 1 is 1.42 bits per heavy atom. The number of fused-ring (bicyclic) bond motifs is 2. The van der Waals surface area contributed by atoms with E-state index in [2.05, 4.69) is 6.58 Å². The number of rotatable bonds is 2. The van der Waals surface area contributed by atoms with Gasteiger partial charge in [0.05, 0.1) is 9.81 Å². The maximum atomic E-state index is 11.4. The smallest absolute Gasteiger partial charge is 0.206 e. The Balaban J connectivity index is 2.61. The van der Waals surface area contributed by atoms with Gasteiger partial charge in [0.25, 0.3) is 0 Å². The van der Waals surface area contributed by atoms with E-state index >= 15 is 0 Å². The highest BCUT2D eigenvalue weighted by Crippen LogP contribution is 2.38. The van der Waals surface area contributed by atoms with Gasteiger partial charge in [0.2, 0.25) is 9.84 Å². The van der Waals surface area contributed by atoms with Crippen molar-refractivity contribution in [2.24, 2.45) is 0 Å². The molecular formula is C9H8O2S. The second-order valence-corrected chi connectivity index (χ2v) is 4.68. The lowest BCUT2D eigenvalue weighted by molar-refractivity contribution is 0.611. The topological polar surface area (TPSA) is 34.1 Å². The summed E-state index contributed by atoms with van der Waals surface area (Å²) in [4.78, 5) is 0.881. The van der Waals surface area contributed by atoms with E-state index in [0.29, 0.717) is 16.2 Å². The van der Waals surface area contributed by atoms with Crippen molar-refractivity contribution >= 4 is 9.84 Å². The molecular weight excluding hydrogens is 172 g/mol. The van der Waals surface area contributed by atoms with Crippen molar-refractivity contribution in [3.63, 3.8) is 0 Å². The molecule has 2 aliphatic heterocycles. The third-order valence-corrected chi connectivity index (χ3v) is 3.85. The van der Waals surface area contributed by atoms with E-state index in [1.807, 2.05) is 0 Å².